The Morgan fingerprint density at radius 2 is 1.58 bits per heavy atom. The van der Waals surface area contributed by atoms with Gasteiger partial charge >= 0.3 is 0 Å². The van der Waals surface area contributed by atoms with Gasteiger partial charge in [0.1, 0.15) is 0 Å². The number of allylic oxidation sites excluding steroid dienone is 1. The van der Waals surface area contributed by atoms with E-state index >= 15 is 0 Å². The van der Waals surface area contributed by atoms with Crippen LogP contribution in [-0.2, 0) is 0 Å². The first-order valence-corrected chi connectivity index (χ1v) is 7.57. The van der Waals surface area contributed by atoms with E-state index < -0.39 is 0 Å². The molecule has 0 fully saturated rings. The van der Waals surface area contributed by atoms with Gasteiger partial charge in [0.05, 0.1) is 0 Å². The summed E-state index contributed by atoms with van der Waals surface area (Å²) in [4.78, 5) is 0. The predicted molar refractivity (Wildman–Crippen MR) is 85.1 cm³/mol. The molecule has 0 bridgehead atoms. The largest absolute Gasteiger partial charge is 0.0874 e. The number of hydrogen-bond donors (Lipinski definition) is 0. The summed E-state index contributed by atoms with van der Waals surface area (Å²) < 4.78 is 0. The monoisotopic (exact) mass is 254 g/mol. The summed E-state index contributed by atoms with van der Waals surface area (Å²) in [5.41, 5.74) is 2.14. The van der Waals surface area contributed by atoms with Crippen LogP contribution in [0.25, 0.3) is 0 Å². The van der Waals surface area contributed by atoms with Gasteiger partial charge in [-0.15, -0.1) is 0 Å². The first-order valence-electron chi connectivity index (χ1n) is 7.57. The molecule has 102 valence electrons. The molecule has 0 aliphatic carbocycles. The summed E-state index contributed by atoms with van der Waals surface area (Å²) in [6, 6.07) is 10.1. The van der Waals surface area contributed by atoms with E-state index in [-0.39, 0.29) is 0 Å². The van der Waals surface area contributed by atoms with Crippen LogP contribution in [0, 0.1) is 11.8 Å². The van der Waals surface area contributed by atoms with Crippen LogP contribution in [0.2, 0.25) is 0 Å². The summed E-state index contributed by atoms with van der Waals surface area (Å²) in [7, 11) is 0. The Labute approximate surface area is 118 Å². The second-order valence-electron chi connectivity index (χ2n) is 5.09. The fourth-order valence-corrected chi connectivity index (χ4v) is 2.04. The van der Waals surface area contributed by atoms with Crippen molar-refractivity contribution in [1.82, 2.24) is 0 Å². The van der Waals surface area contributed by atoms with E-state index in [1.165, 1.54) is 44.9 Å². The quantitative estimate of drug-likeness (QED) is 0.410. The normalized spacial score (nSPS) is 9.74. The maximum Gasteiger partial charge on any atom is 0.0248 e. The second kappa shape index (κ2) is 10.4. The summed E-state index contributed by atoms with van der Waals surface area (Å²) >= 11 is 0. The molecule has 1 aromatic carbocycles. The highest BCUT2D eigenvalue weighted by Crippen LogP contribution is 2.11. The number of unbranched alkanes of at least 4 members (excludes halogenated alkanes) is 6. The van der Waals surface area contributed by atoms with Crippen LogP contribution in [0.4, 0.5) is 0 Å². The molecule has 0 unspecified atom stereocenters. The van der Waals surface area contributed by atoms with Gasteiger partial charge in [0, 0.05) is 5.56 Å². The molecular weight excluding hydrogens is 228 g/mol. The number of rotatable bonds is 8. The Balaban J connectivity index is 2.10. The number of hydrogen-bond acceptors (Lipinski definition) is 0. The van der Waals surface area contributed by atoms with Crippen molar-refractivity contribution in [3.05, 3.63) is 48.0 Å². The lowest BCUT2D eigenvalue weighted by Crippen LogP contribution is -1.82. The van der Waals surface area contributed by atoms with Gasteiger partial charge in [-0.05, 0) is 30.5 Å². The highest BCUT2D eigenvalue weighted by atomic mass is 14.0. The van der Waals surface area contributed by atoms with Crippen molar-refractivity contribution in [2.45, 2.75) is 58.3 Å². The first kappa shape index (κ1) is 15.6. The van der Waals surface area contributed by atoms with Crippen LogP contribution in [0.5, 0.6) is 0 Å². The molecule has 0 amide bonds. The minimum absolute atomic E-state index is 1.05. The Hall–Kier alpha value is -1.48. The third-order valence-corrected chi connectivity index (χ3v) is 3.24. The zero-order valence-corrected chi connectivity index (χ0v) is 12.3. The molecule has 0 saturated carbocycles. The van der Waals surface area contributed by atoms with E-state index in [2.05, 4.69) is 25.3 Å². The van der Waals surface area contributed by atoms with Crippen molar-refractivity contribution in [2.24, 2.45) is 0 Å². The van der Waals surface area contributed by atoms with Crippen molar-refractivity contribution in [3.8, 4) is 11.8 Å². The van der Waals surface area contributed by atoms with Crippen LogP contribution in [0.3, 0.4) is 0 Å². The molecule has 0 heterocycles. The molecule has 0 aromatic heterocycles. The van der Waals surface area contributed by atoms with Crippen LogP contribution in [0.1, 0.15) is 63.9 Å². The predicted octanol–water partition coefficient (Wildman–Crippen LogP) is 5.74. The van der Waals surface area contributed by atoms with Gasteiger partial charge in [-0.3, -0.25) is 0 Å². The van der Waals surface area contributed by atoms with E-state index in [0.29, 0.717) is 0 Å². The summed E-state index contributed by atoms with van der Waals surface area (Å²) in [6.45, 7) is 6.30. The number of benzene rings is 1. The molecule has 19 heavy (non-hydrogen) atoms. The van der Waals surface area contributed by atoms with Crippen LogP contribution in [-0.4, -0.2) is 0 Å². The summed E-state index contributed by atoms with van der Waals surface area (Å²) in [6.07, 6.45) is 10.4. The molecule has 0 nitrogen and oxygen atoms in total. The maximum atomic E-state index is 4.04. The maximum absolute atomic E-state index is 4.04. The molecule has 0 heteroatoms. The third-order valence-electron chi connectivity index (χ3n) is 3.24. The molecule has 0 N–H and O–H groups in total. The minimum atomic E-state index is 1.05. The summed E-state index contributed by atoms with van der Waals surface area (Å²) in [5.74, 6) is 6.33. The van der Waals surface area contributed by atoms with Crippen molar-refractivity contribution in [1.29, 1.82) is 0 Å². The Bertz CT molecular complexity index is 403. The molecule has 0 spiro atoms. The van der Waals surface area contributed by atoms with Gasteiger partial charge in [0.25, 0.3) is 0 Å². The van der Waals surface area contributed by atoms with Gasteiger partial charge in [0.15, 0.2) is 0 Å². The first-order chi connectivity index (χ1) is 9.33. The summed E-state index contributed by atoms with van der Waals surface area (Å²) in [5, 5.41) is 0. The second-order valence-corrected chi connectivity index (χ2v) is 5.09. The van der Waals surface area contributed by atoms with Crippen LogP contribution in [0.15, 0.2) is 42.5 Å². The van der Waals surface area contributed by atoms with E-state index in [0.717, 1.165) is 17.6 Å². The van der Waals surface area contributed by atoms with Gasteiger partial charge < -0.3 is 0 Å². The lowest BCUT2D eigenvalue weighted by atomic mass is 10.1. The lowest BCUT2D eigenvalue weighted by molar-refractivity contribution is 0.590. The zero-order valence-electron chi connectivity index (χ0n) is 12.3. The standard InChI is InChI=1S/C19H26/c1-3-4-5-6-7-8-10-13-18(2)16-17-19-14-11-9-12-15-19/h9,11-12,14-15H,2-8,10,13H2,1H3. The van der Waals surface area contributed by atoms with Crippen molar-refractivity contribution in [3.63, 3.8) is 0 Å². The highest BCUT2D eigenvalue weighted by molar-refractivity contribution is 5.39. The molecule has 1 aromatic rings. The Morgan fingerprint density at radius 1 is 0.947 bits per heavy atom. The smallest absolute Gasteiger partial charge is 0.0248 e. The van der Waals surface area contributed by atoms with E-state index in [4.69, 9.17) is 0 Å². The molecule has 0 atom stereocenters. The van der Waals surface area contributed by atoms with Crippen LogP contribution >= 0.6 is 0 Å². The Kier molecular flexibility index (Phi) is 8.56. The van der Waals surface area contributed by atoms with Crippen molar-refractivity contribution >= 4 is 0 Å². The Morgan fingerprint density at radius 3 is 2.26 bits per heavy atom. The van der Waals surface area contributed by atoms with E-state index in [1.54, 1.807) is 0 Å². The van der Waals surface area contributed by atoms with Gasteiger partial charge in [-0.2, -0.15) is 0 Å². The molecule has 0 radical (unpaired) electrons. The molecule has 1 rings (SSSR count). The minimum Gasteiger partial charge on any atom is -0.0874 e. The lowest BCUT2D eigenvalue weighted by Gasteiger charge is -2.00. The van der Waals surface area contributed by atoms with Gasteiger partial charge in [-0.1, -0.05) is 82.1 Å². The topological polar surface area (TPSA) is 0 Å². The SMILES string of the molecule is C=C(C#Cc1ccccc1)CCCCCCCCC. The van der Waals surface area contributed by atoms with E-state index in [9.17, 15) is 0 Å². The zero-order chi connectivity index (χ0) is 13.8. The highest BCUT2D eigenvalue weighted by Gasteiger charge is 1.93. The van der Waals surface area contributed by atoms with E-state index in [1.807, 2.05) is 30.3 Å². The average Bonchev–Trinajstić information content (AvgIpc) is 2.45. The van der Waals surface area contributed by atoms with Crippen LogP contribution < -0.4 is 0 Å². The molecule has 0 saturated heterocycles. The van der Waals surface area contributed by atoms with Crippen molar-refractivity contribution in [2.75, 3.05) is 0 Å². The van der Waals surface area contributed by atoms with Gasteiger partial charge in [0.2, 0.25) is 0 Å². The molecular formula is C19H26. The molecule has 0 aliphatic heterocycles. The fraction of sp³-hybridized carbons (Fsp3) is 0.474. The average molecular weight is 254 g/mol. The third kappa shape index (κ3) is 8.27. The van der Waals surface area contributed by atoms with Crippen molar-refractivity contribution < 1.29 is 0 Å². The fourth-order valence-electron chi connectivity index (χ4n) is 2.04. The molecule has 0 aliphatic rings. The van der Waals surface area contributed by atoms with Gasteiger partial charge in [-0.25, -0.2) is 0 Å².